The van der Waals surface area contributed by atoms with Crippen molar-refractivity contribution in [3.8, 4) is 0 Å². The molecule has 7 heteroatoms. The molecule has 23 heavy (non-hydrogen) atoms. The van der Waals surface area contributed by atoms with E-state index in [0.717, 1.165) is 19.3 Å². The van der Waals surface area contributed by atoms with Gasteiger partial charge in [0, 0.05) is 31.5 Å². The third kappa shape index (κ3) is 5.73. The molecule has 0 aromatic heterocycles. The van der Waals surface area contributed by atoms with Crippen molar-refractivity contribution in [2.75, 3.05) is 19.0 Å². The zero-order valence-electron chi connectivity index (χ0n) is 13.3. The predicted octanol–water partition coefficient (Wildman–Crippen LogP) is 2.78. The zero-order valence-corrected chi connectivity index (χ0v) is 14.1. The Balaban J connectivity index is 1.89. The first-order valence-electron chi connectivity index (χ1n) is 7.66. The van der Waals surface area contributed by atoms with Crippen molar-refractivity contribution in [3.05, 3.63) is 28.8 Å². The second-order valence-corrected chi connectivity index (χ2v) is 6.13. The molecule has 126 valence electrons. The molecule has 0 saturated heterocycles. The molecule has 1 aromatic rings. The van der Waals surface area contributed by atoms with E-state index in [9.17, 15) is 9.59 Å². The molecule has 1 saturated carbocycles. The van der Waals surface area contributed by atoms with E-state index in [2.05, 4.69) is 16.0 Å². The highest BCUT2D eigenvalue weighted by Gasteiger charge is 2.24. The van der Waals surface area contributed by atoms with Gasteiger partial charge in [-0.3, -0.25) is 4.79 Å². The highest BCUT2D eigenvalue weighted by Crippen LogP contribution is 2.24. The molecule has 0 aliphatic heterocycles. The molecule has 1 aromatic carbocycles. The molecule has 3 N–H and O–H groups in total. The van der Waals surface area contributed by atoms with Gasteiger partial charge in [0.2, 0.25) is 0 Å². The number of benzene rings is 1. The van der Waals surface area contributed by atoms with Crippen LogP contribution in [0.2, 0.25) is 5.02 Å². The normalized spacial score (nSPS) is 14.9. The van der Waals surface area contributed by atoms with Crippen LogP contribution in [-0.2, 0) is 4.74 Å². The second-order valence-electron chi connectivity index (χ2n) is 5.72. The summed E-state index contributed by atoms with van der Waals surface area (Å²) in [5.74, 6) is -0.179. The number of rotatable bonds is 7. The van der Waals surface area contributed by atoms with Crippen LogP contribution in [0.15, 0.2) is 18.2 Å². The van der Waals surface area contributed by atoms with Crippen molar-refractivity contribution in [2.24, 2.45) is 0 Å². The fourth-order valence-corrected chi connectivity index (χ4v) is 2.29. The predicted molar refractivity (Wildman–Crippen MR) is 90.0 cm³/mol. The van der Waals surface area contributed by atoms with Crippen molar-refractivity contribution in [2.45, 2.75) is 38.3 Å². The lowest BCUT2D eigenvalue weighted by molar-refractivity contribution is 0.0951. The van der Waals surface area contributed by atoms with Crippen LogP contribution in [0, 0.1) is 0 Å². The molecule has 1 fully saturated rings. The number of amides is 3. The smallest absolute Gasteiger partial charge is 0.319 e. The van der Waals surface area contributed by atoms with Crippen LogP contribution in [-0.4, -0.2) is 37.7 Å². The molecule has 0 heterocycles. The Morgan fingerprint density at radius 3 is 2.74 bits per heavy atom. The molecule has 1 aliphatic rings. The van der Waals surface area contributed by atoms with Gasteiger partial charge in [-0.05, 0) is 44.4 Å². The lowest BCUT2D eigenvalue weighted by atomic mass is 10.2. The molecule has 6 nitrogen and oxygen atoms in total. The summed E-state index contributed by atoms with van der Waals surface area (Å²) in [5, 5.41) is 8.70. The molecule has 3 amide bonds. The highest BCUT2D eigenvalue weighted by molar-refractivity contribution is 6.34. The van der Waals surface area contributed by atoms with Gasteiger partial charge in [0.25, 0.3) is 5.91 Å². The first kappa shape index (κ1) is 17.6. The van der Waals surface area contributed by atoms with Crippen LogP contribution >= 0.6 is 11.6 Å². The van der Waals surface area contributed by atoms with E-state index in [4.69, 9.17) is 16.3 Å². The number of halogens is 1. The maximum absolute atomic E-state index is 12.0. The Morgan fingerprint density at radius 1 is 1.39 bits per heavy atom. The SMILES string of the molecule is COCC[C@@H](C)NC(=O)Nc1ccc(C(=O)NC2CC2)c(Cl)c1. The van der Waals surface area contributed by atoms with Crippen molar-refractivity contribution < 1.29 is 14.3 Å². The molecule has 0 spiro atoms. The molecule has 0 radical (unpaired) electrons. The first-order chi connectivity index (χ1) is 11.0. The van der Waals surface area contributed by atoms with Gasteiger partial charge in [0.15, 0.2) is 0 Å². The van der Waals surface area contributed by atoms with Gasteiger partial charge in [-0.15, -0.1) is 0 Å². The van der Waals surface area contributed by atoms with Gasteiger partial charge in [-0.1, -0.05) is 11.6 Å². The minimum atomic E-state index is -0.320. The first-order valence-corrected chi connectivity index (χ1v) is 8.04. The summed E-state index contributed by atoms with van der Waals surface area (Å²) in [6.07, 6.45) is 2.76. The number of methoxy groups -OCH3 is 1. The lowest BCUT2D eigenvalue weighted by Gasteiger charge is -2.14. The van der Waals surface area contributed by atoms with Gasteiger partial charge in [-0.25, -0.2) is 4.79 Å². The summed E-state index contributed by atoms with van der Waals surface area (Å²) in [5.41, 5.74) is 0.951. The van der Waals surface area contributed by atoms with Crippen LogP contribution in [0.4, 0.5) is 10.5 Å². The van der Waals surface area contributed by atoms with Crippen LogP contribution in [0.1, 0.15) is 36.5 Å². The van der Waals surface area contributed by atoms with E-state index < -0.39 is 0 Å². The van der Waals surface area contributed by atoms with Gasteiger partial charge in [0.05, 0.1) is 10.6 Å². The average Bonchev–Trinajstić information content (AvgIpc) is 3.28. The summed E-state index contributed by atoms with van der Waals surface area (Å²) < 4.78 is 4.97. The third-order valence-corrected chi connectivity index (χ3v) is 3.83. The van der Waals surface area contributed by atoms with E-state index in [1.165, 1.54) is 0 Å². The average molecular weight is 340 g/mol. The minimum absolute atomic E-state index is 0.00554. The van der Waals surface area contributed by atoms with Gasteiger partial charge in [-0.2, -0.15) is 0 Å². The van der Waals surface area contributed by atoms with E-state index in [1.54, 1.807) is 25.3 Å². The Bertz CT molecular complexity index is 576. The maximum Gasteiger partial charge on any atom is 0.319 e. The number of hydrogen-bond donors (Lipinski definition) is 3. The van der Waals surface area contributed by atoms with Crippen LogP contribution in [0.5, 0.6) is 0 Å². The number of ether oxygens (including phenoxy) is 1. The monoisotopic (exact) mass is 339 g/mol. The highest BCUT2D eigenvalue weighted by atomic mass is 35.5. The van der Waals surface area contributed by atoms with E-state index in [-0.39, 0.29) is 24.0 Å². The van der Waals surface area contributed by atoms with Crippen molar-refractivity contribution in [1.29, 1.82) is 0 Å². The summed E-state index contributed by atoms with van der Waals surface area (Å²) in [4.78, 5) is 23.9. The molecular weight excluding hydrogens is 318 g/mol. The van der Waals surface area contributed by atoms with Crippen LogP contribution < -0.4 is 16.0 Å². The Labute approximate surface area is 140 Å². The number of nitrogens with one attached hydrogen (secondary N) is 3. The lowest BCUT2D eigenvalue weighted by Crippen LogP contribution is -2.36. The van der Waals surface area contributed by atoms with E-state index in [0.29, 0.717) is 22.9 Å². The van der Waals surface area contributed by atoms with Crippen molar-refractivity contribution >= 4 is 29.2 Å². The Morgan fingerprint density at radius 2 is 2.13 bits per heavy atom. The number of carbonyl (C=O) groups is 2. The summed E-state index contributed by atoms with van der Waals surface area (Å²) in [6, 6.07) is 4.80. The molecule has 0 unspecified atom stereocenters. The topological polar surface area (TPSA) is 79.5 Å². The number of anilines is 1. The molecule has 1 atom stereocenters. The molecule has 1 aliphatic carbocycles. The number of urea groups is 1. The number of hydrogen-bond acceptors (Lipinski definition) is 3. The van der Waals surface area contributed by atoms with Crippen molar-refractivity contribution in [3.63, 3.8) is 0 Å². The largest absolute Gasteiger partial charge is 0.385 e. The standard InChI is InChI=1S/C16H22ClN3O3/c1-10(7-8-23-2)18-16(22)20-12-5-6-13(14(17)9-12)15(21)19-11-3-4-11/h5-6,9-11H,3-4,7-8H2,1-2H3,(H,19,21)(H2,18,20,22)/t10-/m1/s1. The van der Waals surface area contributed by atoms with Crippen LogP contribution in [0.25, 0.3) is 0 Å². The molecular formula is C16H22ClN3O3. The number of carbonyl (C=O) groups excluding carboxylic acids is 2. The van der Waals surface area contributed by atoms with Crippen molar-refractivity contribution in [1.82, 2.24) is 10.6 Å². The van der Waals surface area contributed by atoms with E-state index in [1.807, 2.05) is 6.92 Å². The fourth-order valence-electron chi connectivity index (χ4n) is 2.03. The van der Waals surface area contributed by atoms with E-state index >= 15 is 0 Å². The Hall–Kier alpha value is -1.79. The fraction of sp³-hybridized carbons (Fsp3) is 0.500. The third-order valence-electron chi connectivity index (χ3n) is 3.52. The minimum Gasteiger partial charge on any atom is -0.385 e. The summed E-state index contributed by atoms with van der Waals surface area (Å²) in [7, 11) is 1.62. The summed E-state index contributed by atoms with van der Waals surface area (Å²) >= 11 is 6.14. The van der Waals surface area contributed by atoms with Gasteiger partial charge in [0.1, 0.15) is 0 Å². The quantitative estimate of drug-likeness (QED) is 0.714. The van der Waals surface area contributed by atoms with Crippen LogP contribution in [0.3, 0.4) is 0 Å². The molecule has 0 bridgehead atoms. The zero-order chi connectivity index (χ0) is 16.8. The van der Waals surface area contributed by atoms with Gasteiger partial charge < -0.3 is 20.7 Å². The summed E-state index contributed by atoms with van der Waals surface area (Å²) in [6.45, 7) is 2.48. The molecule has 2 rings (SSSR count). The van der Waals surface area contributed by atoms with Gasteiger partial charge >= 0.3 is 6.03 Å². The maximum atomic E-state index is 12.0. The second kappa shape index (κ2) is 8.17. The Kier molecular flexibility index (Phi) is 6.24.